The molecule has 0 N–H and O–H groups in total. The van der Waals surface area contributed by atoms with Crippen LogP contribution < -0.4 is 0 Å². The Hall–Kier alpha value is -5.66. The van der Waals surface area contributed by atoms with Gasteiger partial charge in [-0.25, -0.2) is 4.85 Å². The number of pyridine rings is 1. The summed E-state index contributed by atoms with van der Waals surface area (Å²) < 4.78 is 4.54. The Bertz CT molecular complexity index is 2260. The molecular formula is C36H22N4. The summed E-state index contributed by atoms with van der Waals surface area (Å²) in [6.45, 7) is 7.31. The van der Waals surface area contributed by atoms with Crippen LogP contribution in [0.2, 0.25) is 0 Å². The van der Waals surface area contributed by atoms with Crippen molar-refractivity contribution in [2.24, 2.45) is 0 Å². The molecule has 0 unspecified atom stereocenters. The number of rotatable bonds is 3. The largest absolute Gasteiger partial charge is 0.309 e. The molecule has 8 rings (SSSR count). The lowest BCUT2D eigenvalue weighted by molar-refractivity contribution is 1.08. The molecule has 0 aliphatic carbocycles. The molecule has 0 spiro atoms. The lowest BCUT2D eigenvalue weighted by Crippen LogP contribution is -1.96. The third kappa shape index (κ3) is 3.28. The Balaban J connectivity index is 1.36. The average Bonchev–Trinajstić information content (AvgIpc) is 3.53. The van der Waals surface area contributed by atoms with Crippen molar-refractivity contribution in [2.45, 2.75) is 0 Å². The number of para-hydroxylation sites is 3. The zero-order valence-corrected chi connectivity index (χ0v) is 21.5. The van der Waals surface area contributed by atoms with Gasteiger partial charge >= 0.3 is 0 Å². The predicted molar refractivity (Wildman–Crippen MR) is 165 cm³/mol. The van der Waals surface area contributed by atoms with E-state index in [9.17, 15) is 0 Å². The van der Waals surface area contributed by atoms with Crippen LogP contribution in [0.4, 0.5) is 5.69 Å². The van der Waals surface area contributed by atoms with Crippen molar-refractivity contribution < 1.29 is 0 Å². The maximum Gasteiger partial charge on any atom is 0.205 e. The molecule has 3 aromatic heterocycles. The Kier molecular flexibility index (Phi) is 4.85. The molecule has 0 fully saturated rings. The van der Waals surface area contributed by atoms with E-state index >= 15 is 0 Å². The molecule has 8 aromatic rings. The summed E-state index contributed by atoms with van der Waals surface area (Å²) in [6, 6.07) is 44.8. The van der Waals surface area contributed by atoms with Crippen molar-refractivity contribution in [3.05, 3.63) is 145 Å². The minimum absolute atomic E-state index is 0.535. The van der Waals surface area contributed by atoms with Gasteiger partial charge in [-0.3, -0.25) is 9.55 Å². The summed E-state index contributed by atoms with van der Waals surface area (Å²) in [6.07, 6.45) is 1.64. The molecule has 4 heteroatoms. The van der Waals surface area contributed by atoms with Crippen molar-refractivity contribution in [3.63, 3.8) is 0 Å². The van der Waals surface area contributed by atoms with E-state index in [1.165, 1.54) is 38.1 Å². The van der Waals surface area contributed by atoms with Crippen molar-refractivity contribution >= 4 is 49.3 Å². The molecule has 0 aliphatic heterocycles. The number of hydrogen-bond donors (Lipinski definition) is 0. The van der Waals surface area contributed by atoms with Gasteiger partial charge in [0.05, 0.1) is 28.6 Å². The average molecular weight is 511 g/mol. The van der Waals surface area contributed by atoms with Gasteiger partial charge in [-0.05, 0) is 59.7 Å². The van der Waals surface area contributed by atoms with Crippen molar-refractivity contribution in [2.75, 3.05) is 0 Å². The lowest BCUT2D eigenvalue weighted by atomic mass is 10.0. The van der Waals surface area contributed by atoms with Gasteiger partial charge in [-0.2, -0.15) is 0 Å². The van der Waals surface area contributed by atoms with Gasteiger partial charge in [-0.15, -0.1) is 0 Å². The molecule has 0 amide bonds. The molecule has 5 aromatic carbocycles. The highest BCUT2D eigenvalue weighted by Crippen LogP contribution is 2.37. The SMILES string of the molecule is [C-]#[N+]c1ccc(-n2c3ccccc3c3ccc(-c4ccc5c(c4)c4ccccc4n5-c4ccccc4)cc32)nc1. The molecule has 3 heterocycles. The smallest absolute Gasteiger partial charge is 0.205 e. The minimum atomic E-state index is 0.535. The molecule has 0 radical (unpaired) electrons. The zero-order valence-electron chi connectivity index (χ0n) is 21.5. The predicted octanol–water partition coefficient (Wildman–Crippen LogP) is 9.49. The maximum atomic E-state index is 7.31. The fourth-order valence-electron chi connectivity index (χ4n) is 5.98. The van der Waals surface area contributed by atoms with Gasteiger partial charge in [0.25, 0.3) is 0 Å². The van der Waals surface area contributed by atoms with Crippen LogP contribution in [0, 0.1) is 6.57 Å². The summed E-state index contributed by atoms with van der Waals surface area (Å²) in [5.74, 6) is 0.803. The third-order valence-corrected chi connectivity index (χ3v) is 7.78. The van der Waals surface area contributed by atoms with E-state index in [-0.39, 0.29) is 0 Å². The lowest BCUT2D eigenvalue weighted by Gasteiger charge is -2.09. The third-order valence-electron chi connectivity index (χ3n) is 7.78. The van der Waals surface area contributed by atoms with Crippen LogP contribution >= 0.6 is 0 Å². The summed E-state index contributed by atoms with van der Waals surface area (Å²) >= 11 is 0. The molecular weight excluding hydrogens is 488 g/mol. The van der Waals surface area contributed by atoms with Crippen LogP contribution in [-0.2, 0) is 0 Å². The standard InChI is InChI=1S/C36H22N4/c1-37-26-17-20-36(38-23-26)40-33-14-8-5-11-28(33)30-18-15-25(22-35(30)40)24-16-19-34-31(21-24)29-12-6-7-13-32(29)39(34)27-9-3-2-4-10-27/h2-23H. The Labute approximate surface area is 230 Å². The van der Waals surface area contributed by atoms with Gasteiger partial charge < -0.3 is 4.57 Å². The Morgan fingerprint density at radius 1 is 0.500 bits per heavy atom. The van der Waals surface area contributed by atoms with Crippen LogP contribution in [-0.4, -0.2) is 14.1 Å². The van der Waals surface area contributed by atoms with Crippen molar-refractivity contribution in [1.82, 2.24) is 14.1 Å². The van der Waals surface area contributed by atoms with Crippen LogP contribution in [0.1, 0.15) is 0 Å². The minimum Gasteiger partial charge on any atom is -0.309 e. The number of benzene rings is 5. The molecule has 0 saturated heterocycles. The van der Waals surface area contributed by atoms with Crippen molar-refractivity contribution in [1.29, 1.82) is 0 Å². The van der Waals surface area contributed by atoms with Crippen LogP contribution in [0.5, 0.6) is 0 Å². The second kappa shape index (κ2) is 8.69. The number of fused-ring (bicyclic) bond motifs is 6. The van der Waals surface area contributed by atoms with E-state index in [4.69, 9.17) is 6.57 Å². The second-order valence-corrected chi connectivity index (χ2v) is 9.99. The highest BCUT2D eigenvalue weighted by Gasteiger charge is 2.16. The summed E-state index contributed by atoms with van der Waals surface area (Å²) in [5.41, 5.74) is 8.58. The first-order chi connectivity index (χ1) is 19.8. The van der Waals surface area contributed by atoms with Crippen LogP contribution in [0.25, 0.3) is 71.1 Å². The first kappa shape index (κ1) is 22.3. The summed E-state index contributed by atoms with van der Waals surface area (Å²) in [7, 11) is 0. The highest BCUT2D eigenvalue weighted by molar-refractivity contribution is 6.12. The van der Waals surface area contributed by atoms with E-state index in [1.54, 1.807) is 6.20 Å². The van der Waals surface area contributed by atoms with Crippen LogP contribution in [0.3, 0.4) is 0 Å². The zero-order chi connectivity index (χ0) is 26.6. The van der Waals surface area contributed by atoms with Gasteiger partial charge in [0.2, 0.25) is 5.69 Å². The highest BCUT2D eigenvalue weighted by atomic mass is 15.1. The van der Waals surface area contributed by atoms with E-state index in [2.05, 4.69) is 134 Å². The van der Waals surface area contributed by atoms with Gasteiger partial charge in [0, 0.05) is 33.4 Å². The fourth-order valence-corrected chi connectivity index (χ4v) is 5.98. The van der Waals surface area contributed by atoms with Gasteiger partial charge in [0.15, 0.2) is 0 Å². The number of aromatic nitrogens is 3. The van der Waals surface area contributed by atoms with Crippen molar-refractivity contribution in [3.8, 4) is 22.6 Å². The first-order valence-electron chi connectivity index (χ1n) is 13.3. The maximum absolute atomic E-state index is 7.31. The summed E-state index contributed by atoms with van der Waals surface area (Å²) in [5, 5.41) is 4.83. The van der Waals surface area contributed by atoms with E-state index in [0.29, 0.717) is 5.69 Å². The summed E-state index contributed by atoms with van der Waals surface area (Å²) in [4.78, 5) is 8.16. The molecule has 0 bridgehead atoms. The van der Waals surface area contributed by atoms with Gasteiger partial charge in [0.1, 0.15) is 5.82 Å². The van der Waals surface area contributed by atoms with E-state index in [0.717, 1.165) is 28.1 Å². The Morgan fingerprint density at radius 2 is 1.12 bits per heavy atom. The topological polar surface area (TPSA) is 27.1 Å². The molecule has 0 aliphatic rings. The van der Waals surface area contributed by atoms with E-state index in [1.807, 2.05) is 12.1 Å². The normalized spacial score (nSPS) is 11.5. The number of nitrogens with zero attached hydrogens (tertiary/aromatic N) is 4. The second-order valence-electron chi connectivity index (χ2n) is 9.99. The molecule has 4 nitrogen and oxygen atoms in total. The molecule has 40 heavy (non-hydrogen) atoms. The Morgan fingerprint density at radius 3 is 1.88 bits per heavy atom. The first-order valence-corrected chi connectivity index (χ1v) is 13.3. The molecule has 0 saturated carbocycles. The molecule has 186 valence electrons. The fraction of sp³-hybridized carbons (Fsp3) is 0. The van der Waals surface area contributed by atoms with E-state index < -0.39 is 0 Å². The van der Waals surface area contributed by atoms with Crippen LogP contribution in [0.15, 0.2) is 134 Å². The van der Waals surface area contributed by atoms with Gasteiger partial charge in [-0.1, -0.05) is 78.9 Å². The quantitative estimate of drug-likeness (QED) is 0.217. The monoisotopic (exact) mass is 510 g/mol. The molecule has 0 atom stereocenters. The number of hydrogen-bond acceptors (Lipinski definition) is 1.